The van der Waals surface area contributed by atoms with E-state index >= 15 is 0 Å². The maximum atomic E-state index is 11.7. The Balaban J connectivity index is 1.84. The number of hydrogen-bond acceptors (Lipinski definition) is 4. The van der Waals surface area contributed by atoms with Crippen LogP contribution in [0.2, 0.25) is 4.34 Å². The van der Waals surface area contributed by atoms with Crippen molar-refractivity contribution in [2.45, 2.75) is 19.0 Å². The van der Waals surface area contributed by atoms with Crippen LogP contribution in [-0.4, -0.2) is 33.1 Å². The zero-order valence-electron chi connectivity index (χ0n) is 10.8. The van der Waals surface area contributed by atoms with Crippen LogP contribution in [-0.2, 0) is 17.8 Å². The molecular weight excluding hydrogens is 316 g/mol. The lowest BCUT2D eigenvalue weighted by atomic mass is 10.2. The summed E-state index contributed by atoms with van der Waals surface area (Å²) in [6.45, 7) is 0.291. The highest BCUT2D eigenvalue weighted by Crippen LogP contribution is 2.20. The quantitative estimate of drug-likeness (QED) is 0.646. The van der Waals surface area contributed by atoms with E-state index in [4.69, 9.17) is 16.7 Å². The van der Waals surface area contributed by atoms with E-state index in [1.54, 1.807) is 12.1 Å². The Morgan fingerprint density at radius 3 is 2.86 bits per heavy atom. The fourth-order valence-corrected chi connectivity index (χ4v) is 2.67. The molecule has 4 N–H and O–H groups in total. The summed E-state index contributed by atoms with van der Waals surface area (Å²) in [5, 5.41) is 14.1. The van der Waals surface area contributed by atoms with Gasteiger partial charge in [-0.2, -0.15) is 0 Å². The Labute approximate surface area is 129 Å². The molecule has 0 aliphatic carbocycles. The molecule has 0 bridgehead atoms. The van der Waals surface area contributed by atoms with E-state index in [1.165, 1.54) is 23.9 Å². The molecule has 1 atom stereocenters. The van der Waals surface area contributed by atoms with Gasteiger partial charge in [-0.25, -0.2) is 14.6 Å². The number of aromatic nitrogens is 2. The monoisotopic (exact) mass is 328 g/mol. The molecule has 9 heteroatoms. The Morgan fingerprint density at radius 1 is 1.48 bits per heavy atom. The Kier molecular flexibility index (Phi) is 5.18. The number of carboxylic acids is 1. The first-order chi connectivity index (χ1) is 10.0. The minimum absolute atomic E-state index is 0.133. The fourth-order valence-electron chi connectivity index (χ4n) is 1.64. The molecule has 7 nitrogen and oxygen atoms in total. The minimum Gasteiger partial charge on any atom is -0.480 e. The number of urea groups is 1. The third-order valence-corrected chi connectivity index (χ3v) is 3.87. The standard InChI is InChI=1S/C12H13ClN4O3S/c13-10-2-1-8(21-10)5-15-12(20)17-9(11(18)19)3-7-4-14-6-16-7/h1-2,4,6,9H,3,5H2,(H,14,16)(H,18,19)(H2,15,17,20)/t9-/m1/s1. The van der Waals surface area contributed by atoms with Crippen LogP contribution in [0, 0.1) is 0 Å². The molecule has 2 rings (SSSR count). The SMILES string of the molecule is O=C(NCc1ccc(Cl)s1)N[C@H](Cc1cnc[nH]1)C(=O)O. The predicted molar refractivity (Wildman–Crippen MR) is 78.4 cm³/mol. The molecule has 21 heavy (non-hydrogen) atoms. The minimum atomic E-state index is -1.11. The van der Waals surface area contributed by atoms with Gasteiger partial charge in [0, 0.05) is 23.2 Å². The summed E-state index contributed by atoms with van der Waals surface area (Å²) in [5.74, 6) is -1.11. The second kappa shape index (κ2) is 7.09. The van der Waals surface area contributed by atoms with Gasteiger partial charge in [0.2, 0.25) is 0 Å². The number of imidazole rings is 1. The van der Waals surface area contributed by atoms with Crippen LogP contribution in [0.25, 0.3) is 0 Å². The van der Waals surface area contributed by atoms with Crippen molar-refractivity contribution < 1.29 is 14.7 Å². The maximum absolute atomic E-state index is 11.7. The van der Waals surface area contributed by atoms with Crippen LogP contribution in [0.5, 0.6) is 0 Å². The normalized spacial score (nSPS) is 11.9. The van der Waals surface area contributed by atoms with Crippen LogP contribution >= 0.6 is 22.9 Å². The van der Waals surface area contributed by atoms with Crippen LogP contribution in [0.1, 0.15) is 10.6 Å². The molecule has 0 saturated carbocycles. The lowest BCUT2D eigenvalue weighted by molar-refractivity contribution is -0.139. The zero-order valence-corrected chi connectivity index (χ0v) is 12.4. The van der Waals surface area contributed by atoms with Crippen molar-refractivity contribution in [1.82, 2.24) is 20.6 Å². The fraction of sp³-hybridized carbons (Fsp3) is 0.250. The van der Waals surface area contributed by atoms with Gasteiger partial charge in [0.25, 0.3) is 0 Å². The lowest BCUT2D eigenvalue weighted by Crippen LogP contribution is -2.46. The maximum Gasteiger partial charge on any atom is 0.326 e. The number of thiophene rings is 1. The molecule has 0 spiro atoms. The first-order valence-electron chi connectivity index (χ1n) is 6.03. The number of halogens is 1. The van der Waals surface area contributed by atoms with Crippen LogP contribution in [0.3, 0.4) is 0 Å². The number of aromatic amines is 1. The van der Waals surface area contributed by atoms with Crippen molar-refractivity contribution in [1.29, 1.82) is 0 Å². The van der Waals surface area contributed by atoms with Crippen LogP contribution in [0.4, 0.5) is 4.79 Å². The Hall–Kier alpha value is -2.06. The van der Waals surface area contributed by atoms with E-state index in [0.29, 0.717) is 16.6 Å². The average molecular weight is 329 g/mol. The summed E-state index contributed by atoms with van der Waals surface area (Å²) in [6, 6.07) is 1.95. The van der Waals surface area contributed by atoms with Gasteiger partial charge in [0.1, 0.15) is 6.04 Å². The molecule has 0 aliphatic rings. The number of nitrogens with zero attached hydrogens (tertiary/aromatic N) is 1. The first kappa shape index (κ1) is 15.3. The van der Waals surface area contributed by atoms with Gasteiger partial charge in [0.15, 0.2) is 0 Å². The second-order valence-electron chi connectivity index (χ2n) is 4.20. The van der Waals surface area contributed by atoms with Crippen molar-refractivity contribution in [3.05, 3.63) is 39.6 Å². The third-order valence-electron chi connectivity index (χ3n) is 2.63. The van der Waals surface area contributed by atoms with E-state index in [1.807, 2.05) is 0 Å². The van der Waals surface area contributed by atoms with Crippen molar-refractivity contribution >= 4 is 34.9 Å². The summed E-state index contributed by atoms with van der Waals surface area (Å²) in [6.07, 6.45) is 3.10. The van der Waals surface area contributed by atoms with Crippen LogP contribution < -0.4 is 10.6 Å². The van der Waals surface area contributed by atoms with Gasteiger partial charge < -0.3 is 20.7 Å². The van der Waals surface area contributed by atoms with E-state index in [0.717, 1.165) is 4.88 Å². The van der Waals surface area contributed by atoms with Gasteiger partial charge in [0.05, 0.1) is 17.2 Å². The second-order valence-corrected chi connectivity index (χ2v) is 6.00. The van der Waals surface area contributed by atoms with Crippen molar-refractivity contribution in [2.24, 2.45) is 0 Å². The number of hydrogen-bond donors (Lipinski definition) is 4. The summed E-state index contributed by atoms with van der Waals surface area (Å²) in [7, 11) is 0. The molecule has 2 amide bonds. The van der Waals surface area contributed by atoms with Crippen LogP contribution in [0.15, 0.2) is 24.7 Å². The summed E-state index contributed by atoms with van der Waals surface area (Å²) in [4.78, 5) is 30.4. The third kappa shape index (κ3) is 4.76. The molecular formula is C12H13ClN4O3S. The summed E-state index contributed by atoms with van der Waals surface area (Å²) in [5.41, 5.74) is 0.632. The number of amides is 2. The molecule has 112 valence electrons. The van der Waals surface area contributed by atoms with Crippen molar-refractivity contribution in [2.75, 3.05) is 0 Å². The topological polar surface area (TPSA) is 107 Å². The van der Waals surface area contributed by atoms with Gasteiger partial charge in [-0.05, 0) is 12.1 Å². The number of nitrogens with one attached hydrogen (secondary N) is 3. The molecule has 0 aliphatic heterocycles. The van der Waals surface area contributed by atoms with E-state index in [-0.39, 0.29) is 6.42 Å². The van der Waals surface area contributed by atoms with Crippen molar-refractivity contribution in [3.8, 4) is 0 Å². The molecule has 0 saturated heterocycles. The Bertz CT molecular complexity index is 614. The largest absolute Gasteiger partial charge is 0.480 e. The number of H-pyrrole nitrogens is 1. The van der Waals surface area contributed by atoms with E-state index in [9.17, 15) is 9.59 Å². The molecule has 0 radical (unpaired) electrons. The number of rotatable bonds is 6. The molecule has 0 aromatic carbocycles. The van der Waals surface area contributed by atoms with Gasteiger partial charge in [-0.1, -0.05) is 11.6 Å². The summed E-state index contributed by atoms with van der Waals surface area (Å²) < 4.78 is 0.634. The first-order valence-corrected chi connectivity index (χ1v) is 7.22. The van der Waals surface area contributed by atoms with Crippen molar-refractivity contribution in [3.63, 3.8) is 0 Å². The van der Waals surface area contributed by atoms with Gasteiger partial charge >= 0.3 is 12.0 Å². The molecule has 2 heterocycles. The highest BCUT2D eigenvalue weighted by atomic mass is 35.5. The van der Waals surface area contributed by atoms with E-state index in [2.05, 4.69) is 20.6 Å². The molecule has 0 fully saturated rings. The average Bonchev–Trinajstić information content (AvgIpc) is 3.07. The highest BCUT2D eigenvalue weighted by Gasteiger charge is 2.20. The number of carbonyl (C=O) groups is 2. The van der Waals surface area contributed by atoms with Gasteiger partial charge in [-0.3, -0.25) is 0 Å². The molecule has 0 unspecified atom stereocenters. The smallest absolute Gasteiger partial charge is 0.326 e. The number of carbonyl (C=O) groups excluding carboxylic acids is 1. The number of aliphatic carboxylic acids is 1. The van der Waals surface area contributed by atoms with E-state index < -0.39 is 18.0 Å². The lowest BCUT2D eigenvalue weighted by Gasteiger charge is -2.14. The van der Waals surface area contributed by atoms with Gasteiger partial charge in [-0.15, -0.1) is 11.3 Å². The zero-order chi connectivity index (χ0) is 15.2. The highest BCUT2D eigenvalue weighted by molar-refractivity contribution is 7.16. The predicted octanol–water partition coefficient (Wildman–Crippen LogP) is 1.62. The molecule has 2 aromatic heterocycles. The molecule has 2 aromatic rings. The number of carboxylic acid groups (broad SMARTS) is 1. The summed E-state index contributed by atoms with van der Waals surface area (Å²) >= 11 is 7.14. The Morgan fingerprint density at radius 2 is 2.29 bits per heavy atom.